The number of hydrogen-bond acceptors (Lipinski definition) is 3. The SMILES string of the molecule is CCS(=O)(=O)CCC1CCCCN1. The minimum atomic E-state index is -2.76. The molecule has 0 aliphatic carbocycles. The van der Waals surface area contributed by atoms with Crippen molar-refractivity contribution in [3.63, 3.8) is 0 Å². The lowest BCUT2D eigenvalue weighted by Crippen LogP contribution is -2.35. The van der Waals surface area contributed by atoms with Gasteiger partial charge in [-0.25, -0.2) is 8.42 Å². The van der Waals surface area contributed by atoms with Gasteiger partial charge in [0.25, 0.3) is 0 Å². The van der Waals surface area contributed by atoms with Crippen molar-refractivity contribution >= 4 is 9.84 Å². The highest BCUT2D eigenvalue weighted by atomic mass is 32.2. The van der Waals surface area contributed by atoms with E-state index in [-0.39, 0.29) is 5.75 Å². The van der Waals surface area contributed by atoms with Gasteiger partial charge in [-0.3, -0.25) is 0 Å². The second-order valence-electron chi connectivity index (χ2n) is 3.67. The van der Waals surface area contributed by atoms with Crippen LogP contribution in [0, 0.1) is 0 Å². The predicted octanol–water partition coefficient (Wildman–Crippen LogP) is 0.953. The average Bonchev–Trinajstić information content (AvgIpc) is 2.17. The van der Waals surface area contributed by atoms with E-state index in [0.717, 1.165) is 19.4 Å². The Labute approximate surface area is 80.8 Å². The van der Waals surface area contributed by atoms with Crippen molar-refractivity contribution in [2.75, 3.05) is 18.1 Å². The second kappa shape index (κ2) is 4.96. The predicted molar refractivity (Wildman–Crippen MR) is 54.6 cm³/mol. The van der Waals surface area contributed by atoms with Gasteiger partial charge in [0.05, 0.1) is 5.75 Å². The summed E-state index contributed by atoms with van der Waals surface area (Å²) in [5, 5.41) is 3.35. The van der Waals surface area contributed by atoms with Crippen LogP contribution in [0.3, 0.4) is 0 Å². The van der Waals surface area contributed by atoms with Gasteiger partial charge in [-0.15, -0.1) is 0 Å². The summed E-state index contributed by atoms with van der Waals surface area (Å²) in [7, 11) is -2.76. The number of sulfone groups is 1. The fourth-order valence-electron chi connectivity index (χ4n) is 1.64. The highest BCUT2D eigenvalue weighted by molar-refractivity contribution is 7.91. The molecular formula is C9H19NO2S. The summed E-state index contributed by atoms with van der Waals surface area (Å²) in [4.78, 5) is 0. The van der Waals surface area contributed by atoms with E-state index < -0.39 is 9.84 Å². The van der Waals surface area contributed by atoms with Gasteiger partial charge in [-0.1, -0.05) is 13.3 Å². The zero-order valence-electron chi connectivity index (χ0n) is 8.25. The van der Waals surface area contributed by atoms with Crippen molar-refractivity contribution in [1.29, 1.82) is 0 Å². The Kier molecular flexibility index (Phi) is 4.19. The fourth-order valence-corrected chi connectivity index (χ4v) is 2.57. The molecule has 1 aliphatic heterocycles. The summed E-state index contributed by atoms with van der Waals surface area (Å²) < 4.78 is 22.4. The molecule has 1 atom stereocenters. The van der Waals surface area contributed by atoms with Crippen molar-refractivity contribution < 1.29 is 8.42 Å². The molecule has 0 amide bonds. The van der Waals surface area contributed by atoms with E-state index in [1.807, 2.05) is 0 Å². The monoisotopic (exact) mass is 205 g/mol. The van der Waals surface area contributed by atoms with E-state index in [9.17, 15) is 8.42 Å². The third kappa shape index (κ3) is 4.09. The van der Waals surface area contributed by atoms with Gasteiger partial charge in [-0.05, 0) is 25.8 Å². The van der Waals surface area contributed by atoms with Gasteiger partial charge in [0.15, 0.2) is 0 Å². The van der Waals surface area contributed by atoms with Gasteiger partial charge in [0.2, 0.25) is 0 Å². The Bertz CT molecular complexity index is 230. The minimum Gasteiger partial charge on any atom is -0.314 e. The first kappa shape index (κ1) is 11.0. The van der Waals surface area contributed by atoms with Crippen LogP contribution in [0.25, 0.3) is 0 Å². The van der Waals surface area contributed by atoms with Crippen LogP contribution < -0.4 is 5.32 Å². The maximum Gasteiger partial charge on any atom is 0.150 e. The van der Waals surface area contributed by atoms with Crippen LogP contribution in [0.1, 0.15) is 32.6 Å². The lowest BCUT2D eigenvalue weighted by atomic mass is 10.0. The first-order chi connectivity index (χ1) is 6.14. The lowest BCUT2D eigenvalue weighted by molar-refractivity contribution is 0.392. The van der Waals surface area contributed by atoms with Gasteiger partial charge in [-0.2, -0.15) is 0 Å². The fraction of sp³-hybridized carbons (Fsp3) is 1.00. The number of piperidine rings is 1. The van der Waals surface area contributed by atoms with Crippen LogP contribution in [-0.4, -0.2) is 32.5 Å². The number of rotatable bonds is 4. The molecule has 1 heterocycles. The van der Waals surface area contributed by atoms with E-state index >= 15 is 0 Å². The Morgan fingerprint density at radius 1 is 1.38 bits per heavy atom. The average molecular weight is 205 g/mol. The van der Waals surface area contributed by atoms with Crippen molar-refractivity contribution in [3.8, 4) is 0 Å². The highest BCUT2D eigenvalue weighted by Gasteiger charge is 2.15. The molecule has 0 aromatic rings. The molecule has 78 valence electrons. The minimum absolute atomic E-state index is 0.278. The summed E-state index contributed by atoms with van der Waals surface area (Å²) in [6.45, 7) is 2.76. The molecule has 4 heteroatoms. The summed E-state index contributed by atoms with van der Waals surface area (Å²) in [5.74, 6) is 0.626. The van der Waals surface area contributed by atoms with Crippen LogP contribution in [-0.2, 0) is 9.84 Å². The molecular weight excluding hydrogens is 186 g/mol. The Morgan fingerprint density at radius 3 is 2.69 bits per heavy atom. The maximum absolute atomic E-state index is 11.2. The molecule has 1 saturated heterocycles. The molecule has 1 fully saturated rings. The Balaban J connectivity index is 2.25. The van der Waals surface area contributed by atoms with Crippen LogP contribution in [0.15, 0.2) is 0 Å². The molecule has 13 heavy (non-hydrogen) atoms. The third-order valence-corrected chi connectivity index (χ3v) is 4.37. The van der Waals surface area contributed by atoms with Crippen LogP contribution >= 0.6 is 0 Å². The molecule has 0 spiro atoms. The molecule has 0 radical (unpaired) electrons. The summed E-state index contributed by atoms with van der Waals surface area (Å²) in [6.07, 6.45) is 4.40. The van der Waals surface area contributed by atoms with Crippen LogP contribution in [0.2, 0.25) is 0 Å². The van der Waals surface area contributed by atoms with Crippen LogP contribution in [0.5, 0.6) is 0 Å². The molecule has 3 nitrogen and oxygen atoms in total. The molecule has 0 saturated carbocycles. The molecule has 1 rings (SSSR count). The van der Waals surface area contributed by atoms with Crippen molar-refractivity contribution in [1.82, 2.24) is 5.32 Å². The van der Waals surface area contributed by atoms with E-state index in [1.54, 1.807) is 6.92 Å². The summed E-state index contributed by atoms with van der Waals surface area (Å²) >= 11 is 0. The summed E-state index contributed by atoms with van der Waals surface area (Å²) in [6, 6.07) is 0.440. The van der Waals surface area contributed by atoms with E-state index in [1.165, 1.54) is 12.8 Å². The van der Waals surface area contributed by atoms with Crippen LogP contribution in [0.4, 0.5) is 0 Å². The van der Waals surface area contributed by atoms with E-state index in [4.69, 9.17) is 0 Å². The van der Waals surface area contributed by atoms with Crippen molar-refractivity contribution in [2.45, 2.75) is 38.6 Å². The van der Waals surface area contributed by atoms with Gasteiger partial charge in [0, 0.05) is 11.8 Å². The smallest absolute Gasteiger partial charge is 0.150 e. The maximum atomic E-state index is 11.2. The molecule has 0 aromatic heterocycles. The van der Waals surface area contributed by atoms with Gasteiger partial charge >= 0.3 is 0 Å². The summed E-state index contributed by atoms with van der Waals surface area (Å²) in [5.41, 5.74) is 0. The number of hydrogen-bond donors (Lipinski definition) is 1. The van der Waals surface area contributed by atoms with E-state index in [0.29, 0.717) is 11.8 Å². The Hall–Kier alpha value is -0.0900. The lowest BCUT2D eigenvalue weighted by Gasteiger charge is -2.22. The number of nitrogens with one attached hydrogen (secondary N) is 1. The normalized spacial score (nSPS) is 24.5. The molecule has 1 unspecified atom stereocenters. The zero-order valence-corrected chi connectivity index (χ0v) is 9.07. The topological polar surface area (TPSA) is 46.2 Å². The molecule has 0 aromatic carbocycles. The first-order valence-corrected chi connectivity index (χ1v) is 6.90. The van der Waals surface area contributed by atoms with Crippen molar-refractivity contribution in [3.05, 3.63) is 0 Å². The van der Waals surface area contributed by atoms with Gasteiger partial charge < -0.3 is 5.32 Å². The van der Waals surface area contributed by atoms with Crippen molar-refractivity contribution in [2.24, 2.45) is 0 Å². The van der Waals surface area contributed by atoms with E-state index in [2.05, 4.69) is 5.32 Å². The second-order valence-corrected chi connectivity index (χ2v) is 6.14. The largest absolute Gasteiger partial charge is 0.314 e. The quantitative estimate of drug-likeness (QED) is 0.743. The molecule has 1 aliphatic rings. The Morgan fingerprint density at radius 2 is 2.15 bits per heavy atom. The van der Waals surface area contributed by atoms with Gasteiger partial charge in [0.1, 0.15) is 9.84 Å². The standard InChI is InChI=1S/C9H19NO2S/c1-2-13(11,12)8-6-9-5-3-4-7-10-9/h9-10H,2-8H2,1H3. The first-order valence-electron chi connectivity index (χ1n) is 5.08. The third-order valence-electron chi connectivity index (χ3n) is 2.63. The highest BCUT2D eigenvalue weighted by Crippen LogP contribution is 2.11. The molecule has 0 bridgehead atoms. The zero-order chi connectivity index (χ0) is 9.73. The molecule has 1 N–H and O–H groups in total.